The number of rotatable bonds is 2. The second-order valence-electron chi connectivity index (χ2n) is 3.06. The van der Waals surface area contributed by atoms with Crippen LogP contribution >= 0.6 is 22.6 Å². The van der Waals surface area contributed by atoms with Crippen LogP contribution in [0.15, 0.2) is 24.7 Å². The molecule has 2 N–H and O–H groups in total. The monoisotopic (exact) mass is 303 g/mol. The smallest absolute Gasteiger partial charge is 0.110 e. The van der Waals surface area contributed by atoms with Crippen molar-refractivity contribution in [1.29, 1.82) is 0 Å². The number of hydrogen-bond acceptors (Lipinski definition) is 2. The predicted octanol–water partition coefficient (Wildman–Crippen LogP) is 1.43. The summed E-state index contributed by atoms with van der Waals surface area (Å²) in [6.45, 7) is 0. The number of nitrogens with zero attached hydrogens (tertiary/aromatic N) is 2. The maximum absolute atomic E-state index is 10.00. The number of aryl methyl sites for hydroxylation is 1. The number of aliphatic hydroxyl groups is 1. The highest BCUT2D eigenvalue weighted by molar-refractivity contribution is 14.1. The fourth-order valence-corrected chi connectivity index (χ4v) is 1.87. The lowest BCUT2D eigenvalue weighted by atomic mass is 10.1. The minimum Gasteiger partial charge on any atom is -0.383 e. The Morgan fingerprint density at radius 1 is 1.64 bits per heavy atom. The molecule has 0 bridgehead atoms. The van der Waals surface area contributed by atoms with E-state index in [1.54, 1.807) is 23.3 Å². The van der Waals surface area contributed by atoms with Crippen LogP contribution in [0.1, 0.15) is 17.2 Å². The molecule has 0 fully saturated rings. The number of aliphatic hydroxyl groups excluding tert-OH is 1. The van der Waals surface area contributed by atoms with E-state index in [2.05, 4.69) is 32.7 Å². The minimum atomic E-state index is -0.596. The molecular formula is C9H10IN3O. The quantitative estimate of drug-likeness (QED) is 0.825. The molecule has 0 amide bonds. The molecule has 1 atom stereocenters. The highest BCUT2D eigenvalue weighted by Crippen LogP contribution is 2.24. The summed E-state index contributed by atoms with van der Waals surface area (Å²) in [4.78, 5) is 2.92. The Morgan fingerprint density at radius 3 is 2.93 bits per heavy atom. The summed E-state index contributed by atoms with van der Waals surface area (Å²) in [5.74, 6) is 0. The maximum atomic E-state index is 10.00. The van der Waals surface area contributed by atoms with Gasteiger partial charge in [-0.2, -0.15) is 5.10 Å². The topological polar surface area (TPSA) is 53.8 Å². The second-order valence-corrected chi connectivity index (χ2v) is 4.08. The van der Waals surface area contributed by atoms with Crippen LogP contribution in [0.3, 0.4) is 0 Å². The van der Waals surface area contributed by atoms with Crippen LogP contribution in [0.2, 0.25) is 0 Å². The van der Waals surface area contributed by atoms with Gasteiger partial charge in [-0.05, 0) is 28.7 Å². The third kappa shape index (κ3) is 1.57. The Labute approximate surface area is 95.1 Å². The molecular weight excluding hydrogens is 293 g/mol. The molecule has 2 heterocycles. The Bertz CT molecular complexity index is 421. The van der Waals surface area contributed by atoms with E-state index < -0.39 is 6.10 Å². The number of aromatic nitrogens is 3. The van der Waals surface area contributed by atoms with E-state index in [-0.39, 0.29) is 0 Å². The SMILES string of the molecule is Cn1ncc(C(O)c2cc[nH]c2)c1I. The van der Waals surface area contributed by atoms with Crippen LogP contribution in [-0.2, 0) is 7.05 Å². The zero-order valence-corrected chi connectivity index (χ0v) is 9.76. The van der Waals surface area contributed by atoms with E-state index in [9.17, 15) is 5.11 Å². The van der Waals surface area contributed by atoms with Gasteiger partial charge in [0.2, 0.25) is 0 Å². The first kappa shape index (κ1) is 9.72. The fourth-order valence-electron chi connectivity index (χ4n) is 1.31. The summed E-state index contributed by atoms with van der Waals surface area (Å²) in [6.07, 6.45) is 4.68. The van der Waals surface area contributed by atoms with Gasteiger partial charge >= 0.3 is 0 Å². The Balaban J connectivity index is 2.36. The van der Waals surface area contributed by atoms with Crippen molar-refractivity contribution < 1.29 is 5.11 Å². The van der Waals surface area contributed by atoms with Gasteiger partial charge in [0.25, 0.3) is 0 Å². The molecule has 0 saturated carbocycles. The molecule has 0 aliphatic carbocycles. The zero-order valence-electron chi connectivity index (χ0n) is 7.61. The van der Waals surface area contributed by atoms with Gasteiger partial charge in [0.15, 0.2) is 0 Å². The normalized spacial score (nSPS) is 13.1. The number of H-pyrrole nitrogens is 1. The zero-order chi connectivity index (χ0) is 10.1. The molecule has 2 rings (SSSR count). The third-order valence-electron chi connectivity index (χ3n) is 2.12. The molecule has 5 heteroatoms. The molecule has 0 aromatic carbocycles. The molecule has 2 aromatic heterocycles. The summed E-state index contributed by atoms with van der Waals surface area (Å²) in [6, 6.07) is 1.85. The van der Waals surface area contributed by atoms with Crippen LogP contribution in [0, 0.1) is 3.70 Å². The van der Waals surface area contributed by atoms with E-state index in [1.165, 1.54) is 0 Å². The van der Waals surface area contributed by atoms with E-state index in [0.717, 1.165) is 14.8 Å². The van der Waals surface area contributed by atoms with E-state index in [1.807, 2.05) is 13.1 Å². The van der Waals surface area contributed by atoms with Gasteiger partial charge in [-0.3, -0.25) is 4.68 Å². The molecule has 1 unspecified atom stereocenters. The molecule has 0 saturated heterocycles. The van der Waals surface area contributed by atoms with Crippen molar-refractivity contribution in [2.75, 3.05) is 0 Å². The van der Waals surface area contributed by atoms with Gasteiger partial charge in [-0.1, -0.05) is 0 Å². The van der Waals surface area contributed by atoms with Crippen LogP contribution in [-0.4, -0.2) is 19.9 Å². The molecule has 0 spiro atoms. The van der Waals surface area contributed by atoms with Gasteiger partial charge in [0.1, 0.15) is 9.80 Å². The lowest BCUT2D eigenvalue weighted by molar-refractivity contribution is 0.219. The molecule has 0 aliphatic rings. The Morgan fingerprint density at radius 2 is 2.43 bits per heavy atom. The maximum Gasteiger partial charge on any atom is 0.110 e. The lowest BCUT2D eigenvalue weighted by Crippen LogP contribution is -2.00. The number of hydrogen-bond donors (Lipinski definition) is 2. The molecule has 0 aliphatic heterocycles. The second kappa shape index (κ2) is 3.74. The summed E-state index contributed by atoms with van der Waals surface area (Å²) >= 11 is 2.17. The van der Waals surface area contributed by atoms with Gasteiger partial charge < -0.3 is 10.1 Å². The summed E-state index contributed by atoms with van der Waals surface area (Å²) in [5, 5.41) is 14.1. The standard InChI is InChI=1S/C9H10IN3O/c1-13-9(10)7(5-12-13)8(14)6-2-3-11-4-6/h2-5,8,11,14H,1H3. The first-order valence-corrected chi connectivity index (χ1v) is 5.26. The third-order valence-corrected chi connectivity index (χ3v) is 3.45. The van der Waals surface area contributed by atoms with Crippen LogP contribution in [0.5, 0.6) is 0 Å². The van der Waals surface area contributed by atoms with E-state index in [4.69, 9.17) is 0 Å². The van der Waals surface area contributed by atoms with Crippen LogP contribution in [0.4, 0.5) is 0 Å². The van der Waals surface area contributed by atoms with Crippen molar-refractivity contribution >= 4 is 22.6 Å². The van der Waals surface area contributed by atoms with E-state index in [0.29, 0.717) is 0 Å². The summed E-state index contributed by atoms with van der Waals surface area (Å²) in [7, 11) is 1.86. The molecule has 0 radical (unpaired) electrons. The van der Waals surface area contributed by atoms with Gasteiger partial charge in [-0.25, -0.2) is 0 Å². The average Bonchev–Trinajstić information content (AvgIpc) is 2.77. The fraction of sp³-hybridized carbons (Fsp3) is 0.222. The number of halogens is 1. The highest BCUT2D eigenvalue weighted by atomic mass is 127. The van der Waals surface area contributed by atoms with Crippen LogP contribution < -0.4 is 0 Å². The predicted molar refractivity (Wildman–Crippen MR) is 60.8 cm³/mol. The van der Waals surface area contributed by atoms with E-state index >= 15 is 0 Å². The van der Waals surface area contributed by atoms with Crippen molar-refractivity contribution in [2.45, 2.75) is 6.10 Å². The van der Waals surface area contributed by atoms with Gasteiger partial charge in [0.05, 0.1) is 6.20 Å². The van der Waals surface area contributed by atoms with Crippen molar-refractivity contribution in [1.82, 2.24) is 14.8 Å². The van der Waals surface area contributed by atoms with Crippen molar-refractivity contribution in [3.8, 4) is 0 Å². The minimum absolute atomic E-state index is 0.596. The number of nitrogens with one attached hydrogen (secondary N) is 1. The van der Waals surface area contributed by atoms with Crippen LogP contribution in [0.25, 0.3) is 0 Å². The molecule has 74 valence electrons. The first-order chi connectivity index (χ1) is 6.70. The highest BCUT2D eigenvalue weighted by Gasteiger charge is 2.16. The largest absolute Gasteiger partial charge is 0.383 e. The first-order valence-electron chi connectivity index (χ1n) is 4.18. The van der Waals surface area contributed by atoms with Crippen molar-refractivity contribution in [3.63, 3.8) is 0 Å². The Kier molecular flexibility index (Phi) is 2.60. The molecule has 14 heavy (non-hydrogen) atoms. The summed E-state index contributed by atoms with van der Waals surface area (Å²) in [5.41, 5.74) is 1.70. The summed E-state index contributed by atoms with van der Waals surface area (Å²) < 4.78 is 2.70. The molecule has 2 aromatic rings. The van der Waals surface area contributed by atoms with Crippen molar-refractivity contribution in [2.24, 2.45) is 7.05 Å². The van der Waals surface area contributed by atoms with Crippen molar-refractivity contribution in [3.05, 3.63) is 39.5 Å². The van der Waals surface area contributed by atoms with Gasteiger partial charge in [-0.15, -0.1) is 0 Å². The van der Waals surface area contributed by atoms with Gasteiger partial charge in [0, 0.05) is 30.6 Å². The average molecular weight is 303 g/mol. The molecule has 4 nitrogen and oxygen atoms in total. The Hall–Kier alpha value is -0.820. The lowest BCUT2D eigenvalue weighted by Gasteiger charge is -2.06. The number of aromatic amines is 1.